The molecule has 2 nitrogen and oxygen atoms in total. The number of benzene rings is 1. The Morgan fingerprint density at radius 2 is 1.75 bits per heavy atom. The van der Waals surface area contributed by atoms with Gasteiger partial charge in [-0.05, 0) is 12.1 Å². The maximum atomic E-state index is 8.45. The van der Waals surface area contributed by atoms with Crippen LogP contribution < -0.4 is 5.48 Å². The molecular formula is C7H6Cl3NO. The van der Waals surface area contributed by atoms with Crippen molar-refractivity contribution in [2.75, 3.05) is 0 Å². The Labute approximate surface area is 85.0 Å². The normalized spacial score (nSPS) is 10.3. The minimum Gasteiger partial charge on any atom is -0.316 e. The van der Waals surface area contributed by atoms with E-state index in [9.17, 15) is 0 Å². The highest BCUT2D eigenvalue weighted by Crippen LogP contribution is 2.30. The van der Waals surface area contributed by atoms with Crippen LogP contribution in [0.15, 0.2) is 12.1 Å². The molecule has 0 aromatic heterocycles. The summed E-state index contributed by atoms with van der Waals surface area (Å²) in [6, 6.07) is 3.23. The van der Waals surface area contributed by atoms with Gasteiger partial charge in [-0.2, -0.15) is 0 Å². The molecule has 0 aliphatic heterocycles. The average molecular weight is 226 g/mol. The summed E-state index contributed by atoms with van der Waals surface area (Å²) >= 11 is 17.3. The van der Waals surface area contributed by atoms with E-state index >= 15 is 0 Å². The number of hydroxylamine groups is 1. The standard InChI is InChI=1S/C7H6Cl3NO/c8-5-1-2-6(9)7(10)4(5)3-11-12/h1-2,11-12H,3H2. The number of hydrogen-bond donors (Lipinski definition) is 2. The van der Waals surface area contributed by atoms with Crippen LogP contribution in [-0.4, -0.2) is 5.21 Å². The molecule has 1 rings (SSSR count). The van der Waals surface area contributed by atoms with Crippen molar-refractivity contribution in [1.29, 1.82) is 0 Å². The lowest BCUT2D eigenvalue weighted by Gasteiger charge is -2.06. The minimum absolute atomic E-state index is 0.179. The van der Waals surface area contributed by atoms with Gasteiger partial charge < -0.3 is 5.21 Å². The van der Waals surface area contributed by atoms with Gasteiger partial charge in [0.25, 0.3) is 0 Å². The predicted octanol–water partition coefficient (Wildman–Crippen LogP) is 3.13. The van der Waals surface area contributed by atoms with Gasteiger partial charge in [-0.1, -0.05) is 34.8 Å². The second-order valence-corrected chi connectivity index (χ2v) is 3.35. The van der Waals surface area contributed by atoms with Crippen LogP contribution in [0.5, 0.6) is 0 Å². The van der Waals surface area contributed by atoms with Gasteiger partial charge in [-0.25, -0.2) is 5.48 Å². The van der Waals surface area contributed by atoms with Crippen LogP contribution >= 0.6 is 34.8 Å². The molecule has 0 aliphatic carbocycles. The summed E-state index contributed by atoms with van der Waals surface area (Å²) in [4.78, 5) is 0. The summed E-state index contributed by atoms with van der Waals surface area (Å²) in [5.74, 6) is 0. The third kappa shape index (κ3) is 2.03. The Balaban J connectivity index is 3.14. The molecular weight excluding hydrogens is 220 g/mol. The van der Waals surface area contributed by atoms with Gasteiger partial charge in [0.2, 0.25) is 0 Å². The quantitative estimate of drug-likeness (QED) is 0.600. The van der Waals surface area contributed by atoms with Crippen LogP contribution in [0.1, 0.15) is 5.56 Å². The average Bonchev–Trinajstić information content (AvgIpc) is 2.06. The predicted molar refractivity (Wildman–Crippen MR) is 50.1 cm³/mol. The zero-order valence-electron chi connectivity index (χ0n) is 5.94. The molecule has 0 saturated carbocycles. The number of rotatable bonds is 2. The van der Waals surface area contributed by atoms with Crippen LogP contribution in [0.2, 0.25) is 15.1 Å². The zero-order valence-corrected chi connectivity index (χ0v) is 8.21. The lowest BCUT2D eigenvalue weighted by molar-refractivity contribution is 0.161. The minimum atomic E-state index is 0.179. The van der Waals surface area contributed by atoms with Crippen LogP contribution in [0.3, 0.4) is 0 Å². The fraction of sp³-hybridized carbons (Fsp3) is 0.143. The Kier molecular flexibility index (Phi) is 3.62. The fourth-order valence-corrected chi connectivity index (χ4v) is 1.49. The highest BCUT2D eigenvalue weighted by Gasteiger charge is 2.08. The topological polar surface area (TPSA) is 32.3 Å². The molecule has 0 aliphatic rings. The Hall–Kier alpha value is 0.01000. The van der Waals surface area contributed by atoms with Crippen molar-refractivity contribution in [1.82, 2.24) is 5.48 Å². The smallest absolute Gasteiger partial charge is 0.0653 e. The van der Waals surface area contributed by atoms with Crippen molar-refractivity contribution in [2.45, 2.75) is 6.54 Å². The van der Waals surface area contributed by atoms with Crippen molar-refractivity contribution >= 4 is 34.8 Å². The van der Waals surface area contributed by atoms with Crippen LogP contribution in [0, 0.1) is 0 Å². The summed E-state index contributed by atoms with van der Waals surface area (Å²) in [6.45, 7) is 0.179. The first-order valence-electron chi connectivity index (χ1n) is 3.16. The van der Waals surface area contributed by atoms with E-state index in [1.54, 1.807) is 12.1 Å². The van der Waals surface area contributed by atoms with E-state index in [-0.39, 0.29) is 6.54 Å². The highest BCUT2D eigenvalue weighted by atomic mass is 35.5. The van der Waals surface area contributed by atoms with Crippen molar-refractivity contribution in [3.63, 3.8) is 0 Å². The summed E-state index contributed by atoms with van der Waals surface area (Å²) in [5.41, 5.74) is 2.56. The van der Waals surface area contributed by atoms with Gasteiger partial charge in [-0.3, -0.25) is 0 Å². The molecule has 0 unspecified atom stereocenters. The molecule has 12 heavy (non-hydrogen) atoms. The van der Waals surface area contributed by atoms with Gasteiger partial charge >= 0.3 is 0 Å². The molecule has 0 amide bonds. The molecule has 0 radical (unpaired) electrons. The van der Waals surface area contributed by atoms with Gasteiger partial charge in [-0.15, -0.1) is 0 Å². The molecule has 0 saturated heterocycles. The summed E-state index contributed by atoms with van der Waals surface area (Å²) in [5, 5.41) is 9.72. The Morgan fingerprint density at radius 3 is 2.33 bits per heavy atom. The van der Waals surface area contributed by atoms with Crippen molar-refractivity contribution in [3.8, 4) is 0 Å². The monoisotopic (exact) mass is 225 g/mol. The van der Waals surface area contributed by atoms with E-state index in [0.717, 1.165) is 0 Å². The molecule has 0 bridgehead atoms. The lowest BCUT2D eigenvalue weighted by Crippen LogP contribution is -2.07. The van der Waals surface area contributed by atoms with E-state index in [4.69, 9.17) is 40.0 Å². The summed E-state index contributed by atoms with van der Waals surface area (Å²) in [6.07, 6.45) is 0. The van der Waals surface area contributed by atoms with Crippen LogP contribution in [0.4, 0.5) is 0 Å². The number of halogens is 3. The molecule has 0 atom stereocenters. The van der Waals surface area contributed by atoms with E-state index < -0.39 is 0 Å². The Morgan fingerprint density at radius 1 is 1.17 bits per heavy atom. The number of nitrogens with one attached hydrogen (secondary N) is 1. The van der Waals surface area contributed by atoms with Crippen LogP contribution in [-0.2, 0) is 6.54 Å². The third-order valence-corrected chi connectivity index (χ3v) is 2.59. The lowest BCUT2D eigenvalue weighted by atomic mass is 10.2. The van der Waals surface area contributed by atoms with Crippen molar-refractivity contribution < 1.29 is 5.21 Å². The first-order valence-corrected chi connectivity index (χ1v) is 4.29. The van der Waals surface area contributed by atoms with Crippen LogP contribution in [0.25, 0.3) is 0 Å². The number of hydrogen-bond acceptors (Lipinski definition) is 2. The molecule has 2 N–H and O–H groups in total. The van der Waals surface area contributed by atoms with Gasteiger partial charge in [0.1, 0.15) is 0 Å². The molecule has 1 aromatic carbocycles. The molecule has 0 fully saturated rings. The van der Waals surface area contributed by atoms with E-state index in [0.29, 0.717) is 20.6 Å². The van der Waals surface area contributed by atoms with Crippen molar-refractivity contribution in [3.05, 3.63) is 32.8 Å². The zero-order chi connectivity index (χ0) is 9.14. The maximum absolute atomic E-state index is 8.45. The third-order valence-electron chi connectivity index (χ3n) is 1.39. The second-order valence-electron chi connectivity index (χ2n) is 2.16. The van der Waals surface area contributed by atoms with Gasteiger partial charge in [0.05, 0.1) is 10.0 Å². The van der Waals surface area contributed by atoms with E-state index in [1.165, 1.54) is 0 Å². The SMILES string of the molecule is ONCc1c(Cl)ccc(Cl)c1Cl. The summed E-state index contributed by atoms with van der Waals surface area (Å²) in [7, 11) is 0. The maximum Gasteiger partial charge on any atom is 0.0653 e. The molecule has 66 valence electrons. The first kappa shape index (κ1) is 10.1. The highest BCUT2D eigenvalue weighted by molar-refractivity contribution is 6.44. The molecule has 0 spiro atoms. The second kappa shape index (κ2) is 4.30. The van der Waals surface area contributed by atoms with Crippen molar-refractivity contribution in [2.24, 2.45) is 0 Å². The van der Waals surface area contributed by atoms with E-state index in [2.05, 4.69) is 0 Å². The molecule has 0 heterocycles. The molecule has 5 heteroatoms. The first-order chi connectivity index (χ1) is 5.66. The molecule has 1 aromatic rings. The van der Waals surface area contributed by atoms with E-state index in [1.807, 2.05) is 5.48 Å². The van der Waals surface area contributed by atoms with Gasteiger partial charge in [0, 0.05) is 17.1 Å². The fourth-order valence-electron chi connectivity index (χ4n) is 0.810. The summed E-state index contributed by atoms with van der Waals surface area (Å²) < 4.78 is 0. The largest absolute Gasteiger partial charge is 0.316 e. The Bertz CT molecular complexity index is 290. The van der Waals surface area contributed by atoms with Gasteiger partial charge in [0.15, 0.2) is 0 Å².